The van der Waals surface area contributed by atoms with E-state index >= 15 is 0 Å². The van der Waals surface area contributed by atoms with E-state index in [4.69, 9.17) is 14.8 Å². The topological polar surface area (TPSA) is 51.8 Å². The van der Waals surface area contributed by atoms with E-state index in [2.05, 4.69) is 16.4 Å². The maximum absolute atomic E-state index is 5.61. The summed E-state index contributed by atoms with van der Waals surface area (Å²) in [6, 6.07) is 12.4. The Morgan fingerprint density at radius 1 is 1.14 bits per heavy atom. The molecule has 1 aromatic carbocycles. The Kier molecular flexibility index (Phi) is 6.20. The highest BCUT2D eigenvalue weighted by atomic mass is 32.1. The number of hydrogen-bond acceptors (Lipinski definition) is 5. The molecule has 1 fully saturated rings. The molecule has 2 heterocycles. The largest absolute Gasteiger partial charge is 0.496 e. The van der Waals surface area contributed by atoms with Crippen LogP contribution in [-0.2, 0) is 0 Å². The molecule has 1 aliphatic rings. The number of thiazole rings is 1. The first kappa shape index (κ1) is 19.6. The van der Waals surface area contributed by atoms with Gasteiger partial charge in [-0.1, -0.05) is 37.5 Å². The molecule has 0 N–H and O–H groups in total. The fourth-order valence-corrected chi connectivity index (χ4v) is 4.57. The second-order valence-corrected chi connectivity index (χ2v) is 8.10. The van der Waals surface area contributed by atoms with Crippen molar-refractivity contribution >= 4 is 17.0 Å². The minimum absolute atomic E-state index is 0.382. The maximum Gasteiger partial charge on any atom is 0.206 e. The summed E-state index contributed by atoms with van der Waals surface area (Å²) in [5, 5.41) is 7.09. The maximum atomic E-state index is 5.61. The predicted octanol–water partition coefficient (Wildman–Crippen LogP) is 5.13. The minimum atomic E-state index is 0.382. The lowest BCUT2D eigenvalue weighted by atomic mass is 9.96. The highest BCUT2D eigenvalue weighted by molar-refractivity contribution is 7.07. The van der Waals surface area contributed by atoms with E-state index in [1.165, 1.54) is 19.3 Å². The van der Waals surface area contributed by atoms with Crippen molar-refractivity contribution in [3.05, 3.63) is 64.5 Å². The highest BCUT2D eigenvalue weighted by Gasteiger charge is 2.16. The average molecular weight is 407 g/mol. The van der Waals surface area contributed by atoms with E-state index in [1.54, 1.807) is 24.6 Å². The van der Waals surface area contributed by atoms with Crippen molar-refractivity contribution in [3.8, 4) is 17.0 Å². The van der Waals surface area contributed by atoms with Crippen LogP contribution < -0.4 is 9.54 Å². The molecule has 0 bridgehead atoms. The van der Waals surface area contributed by atoms with Crippen molar-refractivity contribution in [2.45, 2.75) is 45.1 Å². The molecule has 0 unspecified atom stereocenters. The van der Waals surface area contributed by atoms with Crippen LogP contribution in [0, 0.1) is 0 Å². The zero-order valence-electron chi connectivity index (χ0n) is 16.9. The number of pyridine rings is 1. The zero-order valence-corrected chi connectivity index (χ0v) is 17.7. The highest BCUT2D eigenvalue weighted by Crippen LogP contribution is 2.30. The Bertz CT molecular complexity index is 1050. The van der Waals surface area contributed by atoms with E-state index in [-0.39, 0.29) is 0 Å². The Balaban J connectivity index is 1.85. The van der Waals surface area contributed by atoms with Crippen molar-refractivity contribution in [2.24, 2.45) is 10.1 Å². The van der Waals surface area contributed by atoms with Gasteiger partial charge in [0, 0.05) is 28.9 Å². The van der Waals surface area contributed by atoms with Crippen LogP contribution in [0.25, 0.3) is 11.3 Å². The predicted molar refractivity (Wildman–Crippen MR) is 119 cm³/mol. The summed E-state index contributed by atoms with van der Waals surface area (Å²) in [5.41, 5.74) is 3.91. The van der Waals surface area contributed by atoms with Crippen molar-refractivity contribution in [3.63, 3.8) is 0 Å². The van der Waals surface area contributed by atoms with E-state index in [9.17, 15) is 0 Å². The monoisotopic (exact) mass is 406 g/mol. The summed E-state index contributed by atoms with van der Waals surface area (Å²) < 4.78 is 7.58. The molecule has 0 aliphatic heterocycles. The van der Waals surface area contributed by atoms with Crippen LogP contribution in [0.4, 0.5) is 0 Å². The number of nitrogens with zero attached hydrogens (tertiary/aromatic N) is 4. The normalized spacial score (nSPS) is 16.2. The van der Waals surface area contributed by atoms with Crippen LogP contribution >= 0.6 is 11.3 Å². The lowest BCUT2D eigenvalue weighted by Gasteiger charge is -2.17. The Morgan fingerprint density at radius 3 is 2.72 bits per heavy atom. The average Bonchev–Trinajstić information content (AvgIpc) is 3.16. The second kappa shape index (κ2) is 9.18. The zero-order chi connectivity index (χ0) is 20.1. The smallest absolute Gasteiger partial charge is 0.206 e. The Hall–Kier alpha value is -2.73. The summed E-state index contributed by atoms with van der Waals surface area (Å²) in [6.45, 7) is 2.01. The summed E-state index contributed by atoms with van der Waals surface area (Å²) in [4.78, 5) is 10.2. The molecular weight excluding hydrogens is 380 g/mol. The van der Waals surface area contributed by atoms with Gasteiger partial charge >= 0.3 is 0 Å². The number of hydrogen-bond donors (Lipinski definition) is 0. The molecule has 0 atom stereocenters. The van der Waals surface area contributed by atoms with Gasteiger partial charge < -0.3 is 4.74 Å². The molecule has 150 valence electrons. The fourth-order valence-electron chi connectivity index (χ4n) is 3.68. The van der Waals surface area contributed by atoms with Crippen molar-refractivity contribution in [2.75, 3.05) is 7.11 Å². The lowest BCUT2D eigenvalue weighted by Crippen LogP contribution is -2.19. The van der Waals surface area contributed by atoms with Gasteiger partial charge in [-0.2, -0.15) is 5.10 Å². The minimum Gasteiger partial charge on any atom is -0.496 e. The van der Waals surface area contributed by atoms with Crippen molar-refractivity contribution in [1.82, 2.24) is 9.66 Å². The van der Waals surface area contributed by atoms with Gasteiger partial charge in [0.25, 0.3) is 0 Å². The molecular formula is C23H26N4OS. The third-order valence-electron chi connectivity index (χ3n) is 5.27. The standard InChI is InChI=1S/C23H26N4OS/c1-17(18-9-8-14-24-15-18)26-27-21(20-12-6-7-13-22(20)28-2)16-29-23(27)25-19-10-4-3-5-11-19/h6-9,12-16,19H,3-5,10-11H2,1-2H3. The molecule has 5 nitrogen and oxygen atoms in total. The third kappa shape index (κ3) is 4.48. The van der Waals surface area contributed by atoms with Gasteiger partial charge in [0.2, 0.25) is 4.80 Å². The van der Waals surface area contributed by atoms with Crippen molar-refractivity contribution in [1.29, 1.82) is 0 Å². The van der Waals surface area contributed by atoms with Crippen LogP contribution in [0.5, 0.6) is 5.75 Å². The first-order valence-corrected chi connectivity index (χ1v) is 11.0. The summed E-state index contributed by atoms with van der Waals surface area (Å²) in [6.07, 6.45) is 9.78. The van der Waals surface area contributed by atoms with Gasteiger partial charge in [-0.15, -0.1) is 11.3 Å². The Morgan fingerprint density at radius 2 is 1.97 bits per heavy atom. The van der Waals surface area contributed by atoms with Crippen LogP contribution in [0.3, 0.4) is 0 Å². The van der Waals surface area contributed by atoms with Crippen LogP contribution in [-0.4, -0.2) is 28.5 Å². The number of methoxy groups -OCH3 is 1. The molecule has 0 radical (unpaired) electrons. The number of para-hydroxylation sites is 1. The number of rotatable bonds is 5. The first-order chi connectivity index (χ1) is 14.3. The van der Waals surface area contributed by atoms with Gasteiger partial charge in [0.05, 0.1) is 24.6 Å². The number of aromatic nitrogens is 2. The van der Waals surface area contributed by atoms with Gasteiger partial charge in [-0.3, -0.25) is 9.98 Å². The number of ether oxygens (including phenoxy) is 1. The molecule has 1 saturated carbocycles. The summed E-state index contributed by atoms with van der Waals surface area (Å²) in [7, 11) is 1.70. The van der Waals surface area contributed by atoms with Gasteiger partial charge in [-0.25, -0.2) is 4.68 Å². The van der Waals surface area contributed by atoms with Crippen LogP contribution in [0.15, 0.2) is 64.3 Å². The molecule has 0 amide bonds. The number of benzene rings is 1. The molecule has 0 saturated heterocycles. The first-order valence-electron chi connectivity index (χ1n) is 10.1. The van der Waals surface area contributed by atoms with Crippen molar-refractivity contribution < 1.29 is 4.74 Å². The molecule has 0 spiro atoms. The van der Waals surface area contributed by atoms with Crippen LogP contribution in [0.1, 0.15) is 44.6 Å². The molecule has 6 heteroatoms. The van der Waals surface area contributed by atoms with E-state index in [0.29, 0.717) is 6.04 Å². The quantitative estimate of drug-likeness (QED) is 0.552. The Labute approximate surface area is 175 Å². The molecule has 2 aromatic heterocycles. The van der Waals surface area contributed by atoms with E-state index in [1.807, 2.05) is 48.1 Å². The van der Waals surface area contributed by atoms with Gasteiger partial charge in [-0.05, 0) is 38.0 Å². The molecule has 4 rings (SSSR count). The van der Waals surface area contributed by atoms with Gasteiger partial charge in [0.1, 0.15) is 5.75 Å². The van der Waals surface area contributed by atoms with Gasteiger partial charge in [0.15, 0.2) is 0 Å². The molecule has 1 aliphatic carbocycles. The molecule has 29 heavy (non-hydrogen) atoms. The third-order valence-corrected chi connectivity index (χ3v) is 6.10. The van der Waals surface area contributed by atoms with E-state index < -0.39 is 0 Å². The molecule has 3 aromatic rings. The summed E-state index contributed by atoms with van der Waals surface area (Å²) >= 11 is 1.64. The fraction of sp³-hybridized carbons (Fsp3) is 0.348. The second-order valence-electron chi connectivity index (χ2n) is 7.26. The SMILES string of the molecule is COc1ccccc1-c1csc(=NC2CCCCC2)n1N=C(C)c1cccnc1. The van der Waals surface area contributed by atoms with E-state index in [0.717, 1.165) is 45.9 Å². The lowest BCUT2D eigenvalue weighted by molar-refractivity contribution is 0.416. The summed E-state index contributed by atoms with van der Waals surface area (Å²) in [5.74, 6) is 0.831. The van der Waals surface area contributed by atoms with Crippen LogP contribution in [0.2, 0.25) is 0 Å².